The highest BCUT2D eigenvalue weighted by Gasteiger charge is 2.37. The number of nitrogens with one attached hydrogen (secondary N) is 1. The van der Waals surface area contributed by atoms with Crippen LogP contribution in [-0.2, 0) is 10.0 Å². The second-order valence-electron chi connectivity index (χ2n) is 8.70. The standard InChI is InChI=1S/C24H25FN8O5S/c1-37-19-6-3-7-20(38-2)21(19)33-22(15-5-4-8-26-10-15)29-30-24(33)31-39(35,36)18-9-17(34)13-32(14-18)23-27-11-16(25)12-28-23/h3-8,10-12,17-18,34H,9,13-14H2,1-2H3,(H,30,31). The summed E-state index contributed by atoms with van der Waals surface area (Å²) in [5.41, 5.74) is 0.935. The molecular formula is C24H25FN8O5S. The third-order valence-corrected chi connectivity index (χ3v) is 7.85. The Morgan fingerprint density at radius 2 is 1.74 bits per heavy atom. The molecule has 1 saturated heterocycles. The molecule has 0 radical (unpaired) electrons. The minimum absolute atomic E-state index is 0.0421. The lowest BCUT2D eigenvalue weighted by atomic mass is 10.1. The fraction of sp³-hybridized carbons (Fsp3) is 0.292. The number of piperidine rings is 1. The van der Waals surface area contributed by atoms with Crippen molar-refractivity contribution >= 4 is 21.9 Å². The van der Waals surface area contributed by atoms with Crippen molar-refractivity contribution in [1.82, 2.24) is 29.7 Å². The number of nitrogens with zero attached hydrogens (tertiary/aromatic N) is 7. The predicted molar refractivity (Wildman–Crippen MR) is 139 cm³/mol. The zero-order valence-corrected chi connectivity index (χ0v) is 21.8. The first-order chi connectivity index (χ1) is 18.8. The summed E-state index contributed by atoms with van der Waals surface area (Å²) in [6.45, 7) is 0.0526. The Bertz CT molecular complexity index is 1530. The number of β-amino-alcohol motifs (C(OH)–C–C–N with tert-alkyl or cyclic N) is 1. The molecule has 4 heterocycles. The summed E-state index contributed by atoms with van der Waals surface area (Å²) in [4.78, 5) is 13.5. The fourth-order valence-electron chi connectivity index (χ4n) is 4.39. The molecule has 1 fully saturated rings. The summed E-state index contributed by atoms with van der Waals surface area (Å²) in [6, 6.07) is 8.59. The van der Waals surface area contributed by atoms with E-state index in [0.29, 0.717) is 22.7 Å². The van der Waals surface area contributed by atoms with Gasteiger partial charge in [0, 0.05) is 31.0 Å². The van der Waals surface area contributed by atoms with Crippen molar-refractivity contribution in [2.75, 3.05) is 36.9 Å². The number of ether oxygens (including phenoxy) is 2. The molecule has 1 aliphatic heterocycles. The maximum absolute atomic E-state index is 13.7. The molecule has 1 aromatic carbocycles. The van der Waals surface area contributed by atoms with Crippen molar-refractivity contribution < 1.29 is 27.4 Å². The Hall–Kier alpha value is -4.37. The number of aromatic nitrogens is 6. The number of rotatable bonds is 8. The molecule has 0 aliphatic carbocycles. The average molecular weight is 557 g/mol. The number of aliphatic hydroxyl groups excluding tert-OH is 1. The number of anilines is 2. The van der Waals surface area contributed by atoms with Crippen LogP contribution in [-0.4, -0.2) is 81.9 Å². The van der Waals surface area contributed by atoms with Crippen LogP contribution in [0, 0.1) is 5.82 Å². The molecule has 4 aromatic rings. The quantitative estimate of drug-likeness (QED) is 0.325. The van der Waals surface area contributed by atoms with Crippen molar-refractivity contribution in [3.8, 4) is 28.6 Å². The highest BCUT2D eigenvalue weighted by Crippen LogP contribution is 2.38. The first-order valence-corrected chi connectivity index (χ1v) is 13.3. The molecule has 0 spiro atoms. The van der Waals surface area contributed by atoms with Gasteiger partial charge in [0.15, 0.2) is 11.6 Å². The second kappa shape index (κ2) is 10.8. The van der Waals surface area contributed by atoms with Gasteiger partial charge < -0.3 is 19.5 Å². The van der Waals surface area contributed by atoms with Crippen molar-refractivity contribution in [3.05, 3.63) is 60.9 Å². The zero-order chi connectivity index (χ0) is 27.6. The van der Waals surface area contributed by atoms with Crippen LogP contribution in [0.25, 0.3) is 17.1 Å². The summed E-state index contributed by atoms with van der Waals surface area (Å²) < 4.78 is 55.8. The molecule has 39 heavy (non-hydrogen) atoms. The van der Waals surface area contributed by atoms with E-state index in [-0.39, 0.29) is 37.2 Å². The van der Waals surface area contributed by atoms with Crippen LogP contribution in [0.5, 0.6) is 11.5 Å². The van der Waals surface area contributed by atoms with Crippen LogP contribution in [0.4, 0.5) is 16.3 Å². The number of hydrogen-bond acceptors (Lipinski definition) is 11. The number of pyridine rings is 1. The van der Waals surface area contributed by atoms with E-state index in [0.717, 1.165) is 12.4 Å². The number of methoxy groups -OCH3 is 2. The highest BCUT2D eigenvalue weighted by molar-refractivity contribution is 7.93. The summed E-state index contributed by atoms with van der Waals surface area (Å²) in [6.07, 6.45) is 4.09. The molecule has 13 nitrogen and oxygen atoms in total. The van der Waals surface area contributed by atoms with Gasteiger partial charge in [-0.1, -0.05) is 6.07 Å². The van der Waals surface area contributed by atoms with Crippen molar-refractivity contribution in [2.24, 2.45) is 0 Å². The van der Waals surface area contributed by atoms with Gasteiger partial charge in [0.05, 0.1) is 32.7 Å². The topological polar surface area (TPSA) is 157 Å². The van der Waals surface area contributed by atoms with Gasteiger partial charge in [0.25, 0.3) is 0 Å². The highest BCUT2D eigenvalue weighted by atomic mass is 32.2. The third-order valence-electron chi connectivity index (χ3n) is 6.16. The first-order valence-electron chi connectivity index (χ1n) is 11.8. The Kier molecular flexibility index (Phi) is 7.26. The Morgan fingerprint density at radius 1 is 1.03 bits per heavy atom. The van der Waals surface area contributed by atoms with Crippen LogP contribution in [0.3, 0.4) is 0 Å². The molecule has 15 heteroatoms. The Balaban J connectivity index is 1.55. The molecule has 204 valence electrons. The second-order valence-corrected chi connectivity index (χ2v) is 10.7. The molecular weight excluding hydrogens is 531 g/mol. The molecule has 0 saturated carbocycles. The summed E-state index contributed by atoms with van der Waals surface area (Å²) in [5.74, 6) is 0.406. The van der Waals surface area contributed by atoms with E-state index in [9.17, 15) is 17.9 Å². The van der Waals surface area contributed by atoms with Gasteiger partial charge in [0.2, 0.25) is 21.9 Å². The lowest BCUT2D eigenvalue weighted by Gasteiger charge is -2.35. The van der Waals surface area contributed by atoms with E-state index < -0.39 is 27.2 Å². The molecule has 5 rings (SSSR count). The molecule has 2 unspecified atom stereocenters. The number of hydrogen-bond donors (Lipinski definition) is 2. The van der Waals surface area contributed by atoms with Crippen LogP contribution in [0.2, 0.25) is 0 Å². The molecule has 0 amide bonds. The fourth-order valence-corrected chi connectivity index (χ4v) is 5.80. The summed E-state index contributed by atoms with van der Waals surface area (Å²) in [7, 11) is -1.20. The van der Waals surface area contributed by atoms with Crippen molar-refractivity contribution in [3.63, 3.8) is 0 Å². The van der Waals surface area contributed by atoms with Crippen LogP contribution in [0.15, 0.2) is 55.1 Å². The van der Waals surface area contributed by atoms with Gasteiger partial charge in [-0.2, -0.15) is 0 Å². The van der Waals surface area contributed by atoms with Crippen molar-refractivity contribution in [1.29, 1.82) is 0 Å². The van der Waals surface area contributed by atoms with E-state index in [1.165, 1.54) is 23.7 Å². The van der Waals surface area contributed by atoms with Gasteiger partial charge in [-0.25, -0.2) is 22.8 Å². The zero-order valence-electron chi connectivity index (χ0n) is 21.0. The van der Waals surface area contributed by atoms with E-state index in [4.69, 9.17) is 9.47 Å². The van der Waals surface area contributed by atoms with Crippen LogP contribution >= 0.6 is 0 Å². The lowest BCUT2D eigenvalue weighted by Crippen LogP contribution is -2.50. The molecule has 0 bridgehead atoms. The van der Waals surface area contributed by atoms with Crippen molar-refractivity contribution in [2.45, 2.75) is 17.8 Å². The summed E-state index contributed by atoms with van der Waals surface area (Å²) >= 11 is 0. The largest absolute Gasteiger partial charge is 0.494 e. The molecule has 2 atom stereocenters. The number of aliphatic hydroxyl groups is 1. The van der Waals surface area contributed by atoms with E-state index in [1.54, 1.807) is 42.7 Å². The number of sulfonamides is 1. The maximum atomic E-state index is 13.7. The number of para-hydroxylation sites is 1. The SMILES string of the molecule is COc1cccc(OC)c1-n1c(NS(=O)(=O)C2CC(O)CN(c3ncc(F)cn3)C2)nnc1-c1cccnc1. The Labute approximate surface area is 223 Å². The maximum Gasteiger partial charge on any atom is 0.243 e. The minimum atomic E-state index is -4.16. The molecule has 1 aliphatic rings. The van der Waals surface area contributed by atoms with Gasteiger partial charge in [-0.05, 0) is 30.7 Å². The van der Waals surface area contributed by atoms with Gasteiger partial charge in [-0.3, -0.25) is 14.3 Å². The van der Waals surface area contributed by atoms with Gasteiger partial charge in [0.1, 0.15) is 22.4 Å². The monoisotopic (exact) mass is 556 g/mol. The predicted octanol–water partition coefficient (Wildman–Crippen LogP) is 1.66. The van der Waals surface area contributed by atoms with E-state index >= 15 is 0 Å². The Morgan fingerprint density at radius 3 is 2.38 bits per heavy atom. The average Bonchev–Trinajstić information content (AvgIpc) is 3.35. The number of benzene rings is 1. The number of halogens is 1. The molecule has 2 N–H and O–H groups in total. The van der Waals surface area contributed by atoms with Gasteiger partial charge in [-0.15, -0.1) is 10.2 Å². The minimum Gasteiger partial charge on any atom is -0.494 e. The van der Waals surface area contributed by atoms with Crippen LogP contribution < -0.4 is 19.1 Å². The lowest BCUT2D eigenvalue weighted by molar-refractivity contribution is 0.154. The van der Waals surface area contributed by atoms with Crippen LogP contribution in [0.1, 0.15) is 6.42 Å². The van der Waals surface area contributed by atoms with Gasteiger partial charge >= 0.3 is 0 Å². The first kappa shape index (κ1) is 26.2. The normalized spacial score (nSPS) is 17.6. The smallest absolute Gasteiger partial charge is 0.243 e. The van der Waals surface area contributed by atoms with E-state index in [2.05, 4.69) is 29.9 Å². The molecule has 3 aromatic heterocycles. The summed E-state index contributed by atoms with van der Waals surface area (Å²) in [5, 5.41) is 17.8. The third kappa shape index (κ3) is 5.31. The van der Waals surface area contributed by atoms with E-state index in [1.807, 2.05) is 0 Å².